The van der Waals surface area contributed by atoms with Crippen molar-refractivity contribution in [1.82, 2.24) is 4.90 Å². The summed E-state index contributed by atoms with van der Waals surface area (Å²) in [6.45, 7) is 1.26. The molecule has 3 nitrogen and oxygen atoms in total. The molecule has 1 atom stereocenters. The highest BCUT2D eigenvalue weighted by molar-refractivity contribution is 7.12. The van der Waals surface area contributed by atoms with E-state index in [1.54, 1.807) is 16.3 Å². The Balaban J connectivity index is 2.11. The van der Waals surface area contributed by atoms with Gasteiger partial charge in [0.25, 0.3) is 5.91 Å². The number of thiophene rings is 1. The number of carbonyl (C=O) groups is 1. The van der Waals surface area contributed by atoms with Crippen molar-refractivity contribution in [2.24, 2.45) is 5.92 Å². The third-order valence-electron chi connectivity index (χ3n) is 2.70. The third kappa shape index (κ3) is 2.21. The summed E-state index contributed by atoms with van der Waals surface area (Å²) in [5, 5.41) is 11.2. The van der Waals surface area contributed by atoms with Crippen LogP contribution in [0.3, 0.4) is 0 Å². The lowest BCUT2D eigenvalue weighted by molar-refractivity contribution is 0.0704. The molecule has 0 spiro atoms. The van der Waals surface area contributed by atoms with E-state index in [0.717, 1.165) is 19.4 Å². The van der Waals surface area contributed by atoms with Crippen molar-refractivity contribution in [2.45, 2.75) is 12.8 Å². The predicted molar refractivity (Wildman–Crippen MR) is 63.6 cm³/mol. The van der Waals surface area contributed by atoms with Gasteiger partial charge in [-0.2, -0.15) is 5.26 Å². The molecule has 0 aromatic carbocycles. The van der Waals surface area contributed by atoms with Gasteiger partial charge in [0.05, 0.1) is 17.0 Å². The number of rotatable bonds is 1. The van der Waals surface area contributed by atoms with Gasteiger partial charge in [-0.1, -0.05) is 11.6 Å². The Kier molecular flexibility index (Phi) is 3.47. The first kappa shape index (κ1) is 11.4. The van der Waals surface area contributed by atoms with E-state index in [2.05, 4.69) is 6.07 Å². The van der Waals surface area contributed by atoms with E-state index < -0.39 is 0 Å². The fourth-order valence-corrected chi connectivity index (χ4v) is 2.96. The number of likely N-dealkylation sites (tertiary alicyclic amines) is 1. The monoisotopic (exact) mass is 254 g/mol. The van der Waals surface area contributed by atoms with Crippen molar-refractivity contribution in [3.05, 3.63) is 21.3 Å². The molecule has 0 N–H and O–H groups in total. The number of hydrogen-bond donors (Lipinski definition) is 0. The van der Waals surface area contributed by atoms with E-state index in [0.29, 0.717) is 16.4 Å². The first-order valence-corrected chi connectivity index (χ1v) is 6.40. The van der Waals surface area contributed by atoms with Crippen LogP contribution in [0.15, 0.2) is 11.4 Å². The topological polar surface area (TPSA) is 44.1 Å². The summed E-state index contributed by atoms with van der Waals surface area (Å²) in [6, 6.07) is 3.95. The molecular formula is C11H11ClN2OS. The van der Waals surface area contributed by atoms with Crippen molar-refractivity contribution in [2.75, 3.05) is 13.1 Å². The summed E-state index contributed by atoms with van der Waals surface area (Å²) >= 11 is 7.28. The van der Waals surface area contributed by atoms with Gasteiger partial charge in [0.2, 0.25) is 0 Å². The zero-order chi connectivity index (χ0) is 11.5. The molecule has 0 bridgehead atoms. The summed E-state index contributed by atoms with van der Waals surface area (Å²) in [4.78, 5) is 14.4. The number of hydrogen-bond acceptors (Lipinski definition) is 3. The minimum Gasteiger partial charge on any atom is -0.337 e. The highest BCUT2D eigenvalue weighted by atomic mass is 35.5. The van der Waals surface area contributed by atoms with Gasteiger partial charge < -0.3 is 4.90 Å². The summed E-state index contributed by atoms with van der Waals surface area (Å²) in [6.07, 6.45) is 1.78. The summed E-state index contributed by atoms with van der Waals surface area (Å²) in [7, 11) is 0. The second kappa shape index (κ2) is 4.86. The number of piperidine rings is 1. The molecule has 0 saturated carbocycles. The molecule has 0 aliphatic carbocycles. The average Bonchev–Trinajstić information content (AvgIpc) is 2.74. The lowest BCUT2D eigenvalue weighted by Crippen LogP contribution is -2.39. The Bertz CT molecular complexity index is 437. The molecule has 1 aromatic heterocycles. The Morgan fingerprint density at radius 3 is 3.12 bits per heavy atom. The fourth-order valence-electron chi connectivity index (χ4n) is 1.86. The highest BCUT2D eigenvalue weighted by Gasteiger charge is 2.25. The minimum atomic E-state index is -0.0417. The van der Waals surface area contributed by atoms with Gasteiger partial charge in [0, 0.05) is 13.1 Å². The third-order valence-corrected chi connectivity index (χ3v) is 4.03. The number of carbonyl (C=O) groups excluding carboxylic acids is 1. The van der Waals surface area contributed by atoms with Crippen LogP contribution in [0.25, 0.3) is 0 Å². The Morgan fingerprint density at radius 1 is 1.69 bits per heavy atom. The summed E-state index contributed by atoms with van der Waals surface area (Å²) in [5.74, 6) is -0.0728. The normalized spacial score (nSPS) is 20.5. The molecule has 1 saturated heterocycles. The first-order valence-electron chi connectivity index (χ1n) is 5.14. The van der Waals surface area contributed by atoms with Crippen molar-refractivity contribution >= 4 is 28.8 Å². The molecule has 2 rings (SSSR count). The number of nitriles is 1. The van der Waals surface area contributed by atoms with Gasteiger partial charge in [0.1, 0.15) is 4.88 Å². The van der Waals surface area contributed by atoms with Crippen LogP contribution in [0.4, 0.5) is 0 Å². The van der Waals surface area contributed by atoms with Crippen LogP contribution in [-0.2, 0) is 0 Å². The molecule has 5 heteroatoms. The first-order chi connectivity index (χ1) is 7.72. The van der Waals surface area contributed by atoms with E-state index in [1.165, 1.54) is 11.3 Å². The molecule has 1 aromatic rings. The van der Waals surface area contributed by atoms with Crippen molar-refractivity contribution in [3.8, 4) is 6.07 Å². The molecule has 1 unspecified atom stereocenters. The molecule has 1 aliphatic heterocycles. The van der Waals surface area contributed by atoms with Crippen molar-refractivity contribution in [3.63, 3.8) is 0 Å². The van der Waals surface area contributed by atoms with Crippen LogP contribution in [0, 0.1) is 17.2 Å². The van der Waals surface area contributed by atoms with Gasteiger partial charge in [-0.3, -0.25) is 4.79 Å². The largest absolute Gasteiger partial charge is 0.337 e. The van der Waals surface area contributed by atoms with Crippen LogP contribution in [0.5, 0.6) is 0 Å². The van der Waals surface area contributed by atoms with Gasteiger partial charge in [-0.25, -0.2) is 0 Å². The van der Waals surface area contributed by atoms with E-state index >= 15 is 0 Å². The number of nitrogens with zero attached hydrogens (tertiary/aromatic N) is 2. The van der Waals surface area contributed by atoms with Gasteiger partial charge in [0.15, 0.2) is 0 Å². The minimum absolute atomic E-state index is 0.0311. The van der Waals surface area contributed by atoms with Gasteiger partial charge >= 0.3 is 0 Å². The van der Waals surface area contributed by atoms with E-state index in [4.69, 9.17) is 16.9 Å². The van der Waals surface area contributed by atoms with Crippen LogP contribution in [0.2, 0.25) is 5.02 Å². The molecule has 0 radical (unpaired) electrons. The Labute approximate surface area is 103 Å². The van der Waals surface area contributed by atoms with Gasteiger partial charge in [-0.15, -0.1) is 11.3 Å². The zero-order valence-corrected chi connectivity index (χ0v) is 10.2. The number of halogens is 1. The molecule has 2 heterocycles. The maximum atomic E-state index is 12.1. The molecular weight excluding hydrogens is 244 g/mol. The zero-order valence-electron chi connectivity index (χ0n) is 8.65. The molecule has 1 amide bonds. The van der Waals surface area contributed by atoms with Gasteiger partial charge in [-0.05, 0) is 24.3 Å². The van der Waals surface area contributed by atoms with E-state index in [1.807, 2.05) is 0 Å². The SMILES string of the molecule is N#CC1CCCN(C(=O)c2sccc2Cl)C1. The lowest BCUT2D eigenvalue weighted by atomic mass is 10.00. The smallest absolute Gasteiger partial charge is 0.265 e. The van der Waals surface area contributed by atoms with Crippen LogP contribution < -0.4 is 0 Å². The molecule has 1 aliphatic rings. The lowest BCUT2D eigenvalue weighted by Gasteiger charge is -2.29. The maximum absolute atomic E-state index is 12.1. The summed E-state index contributed by atoms with van der Waals surface area (Å²) in [5.41, 5.74) is 0. The molecule has 84 valence electrons. The van der Waals surface area contributed by atoms with E-state index in [9.17, 15) is 4.79 Å². The van der Waals surface area contributed by atoms with Crippen LogP contribution in [0.1, 0.15) is 22.5 Å². The molecule has 1 fully saturated rings. The number of amides is 1. The predicted octanol–water partition coefficient (Wildman–Crippen LogP) is 2.78. The highest BCUT2D eigenvalue weighted by Crippen LogP contribution is 2.25. The van der Waals surface area contributed by atoms with Crippen LogP contribution >= 0.6 is 22.9 Å². The van der Waals surface area contributed by atoms with Crippen molar-refractivity contribution < 1.29 is 4.79 Å². The van der Waals surface area contributed by atoms with E-state index in [-0.39, 0.29) is 11.8 Å². The standard InChI is InChI=1S/C11H11ClN2OS/c12-9-3-5-16-10(9)11(15)14-4-1-2-8(6-13)7-14/h3,5,8H,1-2,4,7H2. The molecule has 16 heavy (non-hydrogen) atoms. The van der Waals surface area contributed by atoms with Crippen molar-refractivity contribution in [1.29, 1.82) is 5.26 Å². The van der Waals surface area contributed by atoms with Crippen LogP contribution in [-0.4, -0.2) is 23.9 Å². The maximum Gasteiger partial charge on any atom is 0.265 e. The quantitative estimate of drug-likeness (QED) is 0.774. The summed E-state index contributed by atoms with van der Waals surface area (Å²) < 4.78 is 0. The fraction of sp³-hybridized carbons (Fsp3) is 0.455. The Morgan fingerprint density at radius 2 is 2.50 bits per heavy atom. The average molecular weight is 255 g/mol. The Hall–Kier alpha value is -1.05. The second-order valence-corrected chi connectivity index (χ2v) is 5.14. The second-order valence-electron chi connectivity index (χ2n) is 3.82.